The van der Waals surface area contributed by atoms with Crippen LogP contribution in [-0.4, -0.2) is 9.97 Å². The Hall–Kier alpha value is -4.11. The maximum absolute atomic E-state index is 6.11. The molecule has 0 aliphatic heterocycles. The Balaban J connectivity index is 1.66. The molecule has 0 aliphatic rings. The molecule has 1 heterocycles. The zero-order valence-corrected chi connectivity index (χ0v) is 17.2. The van der Waals surface area contributed by atoms with Gasteiger partial charge in [0, 0.05) is 16.7 Å². The van der Waals surface area contributed by atoms with E-state index >= 15 is 0 Å². The van der Waals surface area contributed by atoms with Crippen molar-refractivity contribution in [1.82, 2.24) is 9.97 Å². The summed E-state index contributed by atoms with van der Waals surface area (Å²) in [5, 5.41) is 0.532. The number of halogens is 1. The van der Waals surface area contributed by atoms with Crippen molar-refractivity contribution in [2.75, 3.05) is 0 Å². The third-order valence-corrected chi connectivity index (χ3v) is 5.11. The standard InChI is InChI=1S/C28H15ClN2/c29-25-16-8-14-23(18-25)22-13-7-15-24(17-22)28-30-26(20-9-3-1-4-10-20)19-27(31-28)21-11-5-2-6-12-21/h1,3-5,7,9-15,17-19H. The van der Waals surface area contributed by atoms with Crippen molar-refractivity contribution in [3.63, 3.8) is 0 Å². The van der Waals surface area contributed by atoms with Gasteiger partial charge in [0.05, 0.1) is 16.4 Å². The Morgan fingerprint density at radius 3 is 2.10 bits per heavy atom. The van der Waals surface area contributed by atoms with Gasteiger partial charge in [-0.15, -0.1) is 0 Å². The summed E-state index contributed by atoms with van der Waals surface area (Å²) in [6.07, 6.45) is 0. The maximum Gasteiger partial charge on any atom is 0.160 e. The average molecular weight is 415 g/mol. The fourth-order valence-corrected chi connectivity index (χ4v) is 3.56. The Bertz CT molecular complexity index is 1270. The molecule has 0 fully saturated rings. The summed E-state index contributed by atoms with van der Waals surface area (Å²) >= 11 is 6.11. The first-order chi connectivity index (χ1) is 15.3. The maximum atomic E-state index is 6.11. The molecule has 0 aliphatic carbocycles. The van der Waals surface area contributed by atoms with Gasteiger partial charge in [-0.25, -0.2) is 9.97 Å². The lowest BCUT2D eigenvalue weighted by Gasteiger charge is -2.10. The van der Waals surface area contributed by atoms with Crippen molar-refractivity contribution in [3.05, 3.63) is 120 Å². The van der Waals surface area contributed by atoms with Crippen molar-refractivity contribution in [2.45, 2.75) is 0 Å². The molecule has 1 aromatic heterocycles. The number of hydrogen-bond acceptors (Lipinski definition) is 2. The van der Waals surface area contributed by atoms with Crippen molar-refractivity contribution < 1.29 is 0 Å². The van der Waals surface area contributed by atoms with Crippen LogP contribution in [0.15, 0.2) is 91.0 Å². The highest BCUT2D eigenvalue weighted by Gasteiger charge is 2.11. The number of nitrogens with zero attached hydrogens (tertiary/aromatic N) is 2. The number of benzene rings is 2. The van der Waals surface area contributed by atoms with E-state index < -0.39 is 0 Å². The Labute approximate surface area is 186 Å². The highest BCUT2D eigenvalue weighted by molar-refractivity contribution is 6.30. The third-order valence-electron chi connectivity index (χ3n) is 4.90. The SMILES string of the molecule is Clc1c#ccc(-c2cccc(-c3nc(-c4cc#ccc4)cc(-c4ccccc4)n3)c2)c1. The summed E-state index contributed by atoms with van der Waals surface area (Å²) in [6, 6.07) is 41.4. The molecule has 3 heteroatoms. The van der Waals surface area contributed by atoms with E-state index in [1.807, 2.05) is 72.8 Å². The van der Waals surface area contributed by atoms with Crippen LogP contribution in [0, 0.1) is 24.3 Å². The molecular weight excluding hydrogens is 400 g/mol. The fourth-order valence-electron chi connectivity index (χ4n) is 3.39. The molecule has 0 unspecified atom stereocenters. The van der Waals surface area contributed by atoms with E-state index in [0.29, 0.717) is 10.8 Å². The monoisotopic (exact) mass is 414 g/mol. The van der Waals surface area contributed by atoms with Gasteiger partial charge in [0.1, 0.15) is 0 Å². The third kappa shape index (κ3) is 4.12. The minimum absolute atomic E-state index is 0.532. The molecule has 0 atom stereocenters. The molecule has 2 nitrogen and oxygen atoms in total. The molecule has 0 amide bonds. The molecular formula is C28H15ClN2. The van der Waals surface area contributed by atoms with Gasteiger partial charge < -0.3 is 0 Å². The molecule has 0 radical (unpaired) electrons. The van der Waals surface area contributed by atoms with Crippen LogP contribution in [0.4, 0.5) is 0 Å². The van der Waals surface area contributed by atoms with E-state index in [9.17, 15) is 0 Å². The van der Waals surface area contributed by atoms with Crippen molar-refractivity contribution in [1.29, 1.82) is 0 Å². The van der Waals surface area contributed by atoms with E-state index in [2.05, 4.69) is 42.5 Å². The van der Waals surface area contributed by atoms with Gasteiger partial charge in [-0.3, -0.25) is 0 Å². The smallest absolute Gasteiger partial charge is 0.160 e. The summed E-state index contributed by atoms with van der Waals surface area (Å²) in [6.45, 7) is 0. The van der Waals surface area contributed by atoms with E-state index in [4.69, 9.17) is 21.6 Å². The summed E-state index contributed by atoms with van der Waals surface area (Å²) in [7, 11) is 0. The lowest BCUT2D eigenvalue weighted by molar-refractivity contribution is 1.18. The predicted molar refractivity (Wildman–Crippen MR) is 124 cm³/mol. The molecule has 0 bridgehead atoms. The van der Waals surface area contributed by atoms with Crippen LogP contribution >= 0.6 is 11.6 Å². The quantitative estimate of drug-likeness (QED) is 0.316. The first-order valence-corrected chi connectivity index (χ1v) is 10.2. The van der Waals surface area contributed by atoms with Crippen LogP contribution in [0.1, 0.15) is 0 Å². The predicted octanol–water partition coefficient (Wildman–Crippen LogP) is 7.00. The summed E-state index contributed by atoms with van der Waals surface area (Å²) in [4.78, 5) is 9.75. The Morgan fingerprint density at radius 2 is 1.32 bits per heavy atom. The summed E-state index contributed by atoms with van der Waals surface area (Å²) in [5.74, 6) is 0.656. The number of hydrogen-bond donors (Lipinski definition) is 0. The van der Waals surface area contributed by atoms with Crippen LogP contribution in [0.2, 0.25) is 5.02 Å². The van der Waals surface area contributed by atoms with Crippen molar-refractivity contribution >= 4 is 11.6 Å². The minimum Gasteiger partial charge on any atom is -0.228 e. The van der Waals surface area contributed by atoms with Gasteiger partial charge in [-0.05, 0) is 59.7 Å². The minimum atomic E-state index is 0.532. The summed E-state index contributed by atoms with van der Waals surface area (Å²) in [5.41, 5.74) is 6.62. The largest absolute Gasteiger partial charge is 0.228 e. The highest BCUT2D eigenvalue weighted by atomic mass is 35.5. The Kier molecular flexibility index (Phi) is 5.07. The van der Waals surface area contributed by atoms with E-state index in [-0.39, 0.29) is 0 Å². The van der Waals surface area contributed by atoms with Gasteiger partial charge in [-0.1, -0.05) is 78.3 Å². The second-order valence-electron chi connectivity index (χ2n) is 6.99. The molecule has 0 spiro atoms. The molecule has 0 N–H and O–H groups in total. The van der Waals surface area contributed by atoms with Gasteiger partial charge in [0.25, 0.3) is 0 Å². The normalized spacial score (nSPS) is 10.2. The Morgan fingerprint density at radius 1 is 0.581 bits per heavy atom. The van der Waals surface area contributed by atoms with Crippen LogP contribution in [0.5, 0.6) is 0 Å². The molecule has 144 valence electrons. The lowest BCUT2D eigenvalue weighted by Crippen LogP contribution is -1.96. The van der Waals surface area contributed by atoms with Crippen LogP contribution in [0.3, 0.4) is 0 Å². The van der Waals surface area contributed by atoms with Crippen LogP contribution in [-0.2, 0) is 0 Å². The number of aromatic nitrogens is 2. The second-order valence-corrected chi connectivity index (χ2v) is 7.40. The van der Waals surface area contributed by atoms with Crippen LogP contribution < -0.4 is 0 Å². The topological polar surface area (TPSA) is 25.8 Å². The second kappa shape index (κ2) is 8.33. The first kappa shape index (κ1) is 18.9. The van der Waals surface area contributed by atoms with Gasteiger partial charge >= 0.3 is 0 Å². The van der Waals surface area contributed by atoms with E-state index in [1.165, 1.54) is 0 Å². The van der Waals surface area contributed by atoms with Crippen LogP contribution in [0.25, 0.3) is 45.0 Å². The van der Waals surface area contributed by atoms with Gasteiger partial charge in [-0.2, -0.15) is 0 Å². The first-order valence-electron chi connectivity index (χ1n) is 9.79. The molecule has 4 aromatic carbocycles. The molecule has 5 rings (SSSR count). The van der Waals surface area contributed by atoms with Crippen molar-refractivity contribution in [2.24, 2.45) is 0 Å². The molecule has 31 heavy (non-hydrogen) atoms. The van der Waals surface area contributed by atoms with E-state index in [1.54, 1.807) is 0 Å². The molecule has 5 aromatic rings. The number of rotatable bonds is 4. The fraction of sp³-hybridized carbons (Fsp3) is 0. The summed E-state index contributed by atoms with van der Waals surface area (Å²) < 4.78 is 0. The molecule has 0 saturated carbocycles. The average Bonchev–Trinajstić information content (AvgIpc) is 2.85. The van der Waals surface area contributed by atoms with E-state index in [0.717, 1.165) is 39.2 Å². The molecule has 0 saturated heterocycles. The zero-order valence-electron chi connectivity index (χ0n) is 16.4. The van der Waals surface area contributed by atoms with Gasteiger partial charge in [0.2, 0.25) is 0 Å². The van der Waals surface area contributed by atoms with Crippen molar-refractivity contribution in [3.8, 4) is 45.0 Å². The zero-order chi connectivity index (χ0) is 21.0. The van der Waals surface area contributed by atoms with Gasteiger partial charge in [0.15, 0.2) is 5.82 Å². The highest BCUT2D eigenvalue weighted by Crippen LogP contribution is 2.29. The lowest BCUT2D eigenvalue weighted by atomic mass is 10.0.